The van der Waals surface area contributed by atoms with Gasteiger partial charge in [0.1, 0.15) is 5.69 Å². The summed E-state index contributed by atoms with van der Waals surface area (Å²) in [6, 6.07) is 3.37. The molecule has 1 aromatic carbocycles. The number of rotatable bonds is 5. The maximum Gasteiger partial charge on any atom is 0.292 e. The molecular weight excluding hydrogens is 258 g/mol. The molecule has 0 radical (unpaired) electrons. The van der Waals surface area contributed by atoms with Crippen LogP contribution in [-0.2, 0) is 10.0 Å². The van der Waals surface area contributed by atoms with Gasteiger partial charge in [-0.2, -0.15) is 0 Å². The summed E-state index contributed by atoms with van der Waals surface area (Å²) in [6.45, 7) is 3.39. The minimum Gasteiger partial charge on any atom is -0.383 e. The van der Waals surface area contributed by atoms with Crippen LogP contribution < -0.4 is 10.0 Å². The van der Waals surface area contributed by atoms with E-state index >= 15 is 0 Å². The Hall–Kier alpha value is -1.67. The van der Waals surface area contributed by atoms with E-state index in [9.17, 15) is 18.5 Å². The van der Waals surface area contributed by atoms with Crippen LogP contribution in [-0.4, -0.2) is 26.4 Å². The number of sulfonamides is 1. The van der Waals surface area contributed by atoms with Gasteiger partial charge in [0, 0.05) is 19.2 Å². The summed E-state index contributed by atoms with van der Waals surface area (Å²) in [7, 11) is -2.15. The number of benzene rings is 1. The molecule has 0 amide bonds. The number of hydrogen-bond donors (Lipinski definition) is 2. The summed E-state index contributed by atoms with van der Waals surface area (Å²) in [5, 5.41) is 13.3. The lowest BCUT2D eigenvalue weighted by Gasteiger charge is -2.10. The van der Waals surface area contributed by atoms with Crippen molar-refractivity contribution in [1.82, 2.24) is 4.72 Å². The Bertz CT molecular complexity index is 554. The van der Waals surface area contributed by atoms with E-state index in [1.807, 2.05) is 0 Å². The lowest BCUT2D eigenvalue weighted by molar-refractivity contribution is -0.384. The number of hydrogen-bond acceptors (Lipinski definition) is 5. The SMILES string of the molecule is CNc1cc(S(=O)(=O)NC(C)C)ccc1[N+](=O)[O-]. The molecule has 0 spiro atoms. The standard InChI is InChI=1S/C10H15N3O4S/c1-7(2)12-18(16,17)8-4-5-10(13(14)15)9(6-8)11-3/h4-7,11-12H,1-3H3. The fourth-order valence-electron chi connectivity index (χ4n) is 1.42. The van der Waals surface area contributed by atoms with E-state index in [-0.39, 0.29) is 22.3 Å². The number of nitro groups is 1. The Kier molecular flexibility index (Phi) is 4.25. The Morgan fingerprint density at radius 3 is 2.39 bits per heavy atom. The monoisotopic (exact) mass is 273 g/mol. The van der Waals surface area contributed by atoms with Gasteiger partial charge in [0.05, 0.1) is 9.82 Å². The molecule has 100 valence electrons. The average molecular weight is 273 g/mol. The van der Waals surface area contributed by atoms with E-state index in [2.05, 4.69) is 10.0 Å². The van der Waals surface area contributed by atoms with E-state index in [1.54, 1.807) is 13.8 Å². The largest absolute Gasteiger partial charge is 0.383 e. The van der Waals surface area contributed by atoms with Gasteiger partial charge in [0.2, 0.25) is 10.0 Å². The second kappa shape index (κ2) is 5.32. The van der Waals surface area contributed by atoms with Crippen molar-refractivity contribution in [3.8, 4) is 0 Å². The minimum absolute atomic E-state index is 0.00819. The molecule has 0 unspecified atom stereocenters. The third-order valence-electron chi connectivity index (χ3n) is 2.14. The predicted octanol–water partition coefficient (Wildman–Crippen LogP) is 1.32. The molecule has 0 bridgehead atoms. The average Bonchev–Trinajstić information content (AvgIpc) is 2.26. The molecule has 1 rings (SSSR count). The van der Waals surface area contributed by atoms with Crippen molar-refractivity contribution in [3.63, 3.8) is 0 Å². The highest BCUT2D eigenvalue weighted by Gasteiger charge is 2.20. The summed E-state index contributed by atoms with van der Waals surface area (Å²) in [6.07, 6.45) is 0. The molecule has 0 aromatic heterocycles. The zero-order chi connectivity index (χ0) is 13.9. The smallest absolute Gasteiger partial charge is 0.292 e. The molecule has 8 heteroatoms. The Morgan fingerprint density at radius 1 is 1.33 bits per heavy atom. The van der Waals surface area contributed by atoms with Crippen LogP contribution in [0.25, 0.3) is 0 Å². The highest BCUT2D eigenvalue weighted by molar-refractivity contribution is 7.89. The van der Waals surface area contributed by atoms with Gasteiger partial charge < -0.3 is 5.32 Å². The van der Waals surface area contributed by atoms with Crippen LogP contribution in [0.1, 0.15) is 13.8 Å². The molecule has 0 aliphatic rings. The predicted molar refractivity (Wildman–Crippen MR) is 68.1 cm³/mol. The van der Waals surface area contributed by atoms with Crippen LogP contribution in [0.3, 0.4) is 0 Å². The molecule has 1 aromatic rings. The van der Waals surface area contributed by atoms with E-state index in [1.165, 1.54) is 25.2 Å². The van der Waals surface area contributed by atoms with Gasteiger partial charge in [-0.15, -0.1) is 0 Å². The first-order chi connectivity index (χ1) is 8.27. The fourth-order valence-corrected chi connectivity index (χ4v) is 2.70. The van der Waals surface area contributed by atoms with Crippen molar-refractivity contribution >= 4 is 21.4 Å². The van der Waals surface area contributed by atoms with Gasteiger partial charge in [-0.25, -0.2) is 13.1 Å². The maximum absolute atomic E-state index is 11.9. The molecule has 18 heavy (non-hydrogen) atoms. The summed E-state index contributed by atoms with van der Waals surface area (Å²) >= 11 is 0. The lowest BCUT2D eigenvalue weighted by Crippen LogP contribution is -2.30. The van der Waals surface area contributed by atoms with Crippen molar-refractivity contribution < 1.29 is 13.3 Å². The third kappa shape index (κ3) is 3.17. The Morgan fingerprint density at radius 2 is 1.94 bits per heavy atom. The van der Waals surface area contributed by atoms with Gasteiger partial charge in [-0.1, -0.05) is 0 Å². The Balaban J connectivity index is 3.25. The number of nitrogens with one attached hydrogen (secondary N) is 2. The van der Waals surface area contributed by atoms with E-state index < -0.39 is 14.9 Å². The maximum atomic E-state index is 11.9. The van der Waals surface area contributed by atoms with Gasteiger partial charge in [0.25, 0.3) is 5.69 Å². The number of nitrogens with zero attached hydrogens (tertiary/aromatic N) is 1. The molecule has 2 N–H and O–H groups in total. The quantitative estimate of drug-likeness (QED) is 0.622. The molecule has 7 nitrogen and oxygen atoms in total. The van der Waals surface area contributed by atoms with Crippen LogP contribution >= 0.6 is 0 Å². The molecular formula is C10H15N3O4S. The summed E-state index contributed by atoms with van der Waals surface area (Å²) in [5.41, 5.74) is -0.00683. The van der Waals surface area contributed by atoms with E-state index in [0.29, 0.717) is 0 Å². The van der Waals surface area contributed by atoms with Crippen LogP contribution in [0.5, 0.6) is 0 Å². The second-order valence-electron chi connectivity index (χ2n) is 3.96. The lowest BCUT2D eigenvalue weighted by atomic mass is 10.3. The summed E-state index contributed by atoms with van der Waals surface area (Å²) < 4.78 is 26.2. The van der Waals surface area contributed by atoms with Crippen molar-refractivity contribution in [2.75, 3.05) is 12.4 Å². The first kappa shape index (κ1) is 14.4. The minimum atomic E-state index is -3.65. The van der Waals surface area contributed by atoms with Crippen molar-refractivity contribution in [1.29, 1.82) is 0 Å². The molecule has 0 saturated heterocycles. The third-order valence-corrected chi connectivity index (χ3v) is 3.79. The summed E-state index contributed by atoms with van der Waals surface area (Å²) in [5.74, 6) is 0. The number of nitro benzene ring substituents is 1. The van der Waals surface area contributed by atoms with Crippen LogP contribution in [0, 0.1) is 10.1 Å². The van der Waals surface area contributed by atoms with E-state index in [4.69, 9.17) is 0 Å². The van der Waals surface area contributed by atoms with Crippen molar-refractivity contribution in [3.05, 3.63) is 28.3 Å². The fraction of sp³-hybridized carbons (Fsp3) is 0.400. The molecule has 0 aliphatic heterocycles. The van der Waals surface area contributed by atoms with Crippen molar-refractivity contribution in [2.24, 2.45) is 0 Å². The molecule has 0 heterocycles. The first-order valence-corrected chi connectivity index (χ1v) is 6.74. The first-order valence-electron chi connectivity index (χ1n) is 5.26. The highest BCUT2D eigenvalue weighted by atomic mass is 32.2. The van der Waals surface area contributed by atoms with Crippen LogP contribution in [0.2, 0.25) is 0 Å². The second-order valence-corrected chi connectivity index (χ2v) is 5.68. The normalized spacial score (nSPS) is 11.6. The molecule has 0 fully saturated rings. The molecule has 0 aliphatic carbocycles. The topological polar surface area (TPSA) is 101 Å². The zero-order valence-corrected chi connectivity index (χ0v) is 11.1. The van der Waals surface area contributed by atoms with Crippen LogP contribution in [0.15, 0.2) is 23.1 Å². The zero-order valence-electron chi connectivity index (χ0n) is 10.3. The Labute approximate surface area is 105 Å². The van der Waals surface area contributed by atoms with Crippen LogP contribution in [0.4, 0.5) is 11.4 Å². The van der Waals surface area contributed by atoms with Gasteiger partial charge >= 0.3 is 0 Å². The van der Waals surface area contributed by atoms with Crippen molar-refractivity contribution in [2.45, 2.75) is 24.8 Å². The molecule has 0 atom stereocenters. The summed E-state index contributed by atoms with van der Waals surface area (Å²) in [4.78, 5) is 10.1. The molecule has 0 saturated carbocycles. The highest BCUT2D eigenvalue weighted by Crippen LogP contribution is 2.26. The van der Waals surface area contributed by atoms with Gasteiger partial charge in [-0.05, 0) is 26.0 Å². The van der Waals surface area contributed by atoms with E-state index in [0.717, 1.165) is 0 Å². The van der Waals surface area contributed by atoms with Gasteiger partial charge in [-0.3, -0.25) is 10.1 Å². The van der Waals surface area contributed by atoms with Gasteiger partial charge in [0.15, 0.2) is 0 Å². The number of anilines is 1.